The van der Waals surface area contributed by atoms with Crippen LogP contribution < -0.4 is 4.74 Å². The molecule has 1 aliphatic rings. The lowest BCUT2D eigenvalue weighted by Crippen LogP contribution is -2.14. The first kappa shape index (κ1) is 15.6. The highest BCUT2D eigenvalue weighted by Gasteiger charge is 2.33. The Labute approximate surface area is 145 Å². The molecule has 0 N–H and O–H groups in total. The van der Waals surface area contributed by atoms with Crippen molar-refractivity contribution in [1.29, 1.82) is 0 Å². The minimum absolute atomic E-state index is 0.0640. The van der Waals surface area contributed by atoms with Crippen molar-refractivity contribution in [2.75, 3.05) is 7.11 Å². The molecular weight excluding hydrogens is 318 g/mol. The molecule has 128 valence electrons. The Bertz CT molecular complexity index is 937. The first-order valence-corrected chi connectivity index (χ1v) is 8.27. The molecular formula is C19H19N3O3. The van der Waals surface area contributed by atoms with Crippen molar-refractivity contribution >= 4 is 5.78 Å². The van der Waals surface area contributed by atoms with E-state index in [1.165, 1.54) is 6.92 Å². The molecule has 1 aromatic carbocycles. The second-order valence-corrected chi connectivity index (χ2v) is 6.45. The number of ketones is 1. The zero-order valence-corrected chi connectivity index (χ0v) is 14.4. The Kier molecular flexibility index (Phi) is 3.67. The number of methoxy groups -OCH3 is 1. The van der Waals surface area contributed by atoms with E-state index < -0.39 is 0 Å². The predicted octanol–water partition coefficient (Wildman–Crippen LogP) is 3.46. The summed E-state index contributed by atoms with van der Waals surface area (Å²) in [6, 6.07) is 7.96. The standard InChI is InChI=1S/C19H19N3O3/c1-11-8-16-15(19-17(11)18(12(2)23)21-25-19)9-20-22(16)10-13-4-6-14(24-3)7-5-13/h4-7,9,11H,8,10H2,1-3H3/t11-/m0/s1. The average Bonchev–Trinajstić information content (AvgIpc) is 3.21. The SMILES string of the molecule is COc1ccc(Cn2ncc3c2C[C@H](C)c2c(C(C)=O)noc2-3)cc1. The molecule has 0 radical (unpaired) electrons. The van der Waals surface area contributed by atoms with E-state index in [2.05, 4.69) is 17.2 Å². The van der Waals surface area contributed by atoms with Gasteiger partial charge in [0.15, 0.2) is 17.2 Å². The van der Waals surface area contributed by atoms with Crippen LogP contribution in [0.25, 0.3) is 11.3 Å². The number of carbonyl (C=O) groups excluding carboxylic acids is 1. The molecule has 1 aliphatic carbocycles. The molecule has 0 spiro atoms. The van der Waals surface area contributed by atoms with E-state index in [9.17, 15) is 4.79 Å². The van der Waals surface area contributed by atoms with Gasteiger partial charge in [-0.3, -0.25) is 9.48 Å². The fourth-order valence-electron chi connectivity index (χ4n) is 3.45. The number of aromatic nitrogens is 3. The maximum absolute atomic E-state index is 11.8. The summed E-state index contributed by atoms with van der Waals surface area (Å²) in [5.41, 5.74) is 4.54. The second kappa shape index (κ2) is 5.88. The van der Waals surface area contributed by atoms with Gasteiger partial charge in [0, 0.05) is 12.5 Å². The highest BCUT2D eigenvalue weighted by atomic mass is 16.5. The summed E-state index contributed by atoms with van der Waals surface area (Å²) in [4.78, 5) is 11.8. The molecule has 0 amide bonds. The molecule has 0 saturated carbocycles. The van der Waals surface area contributed by atoms with Crippen LogP contribution in [0.4, 0.5) is 0 Å². The molecule has 0 bridgehead atoms. The van der Waals surface area contributed by atoms with Gasteiger partial charge in [-0.05, 0) is 30.0 Å². The summed E-state index contributed by atoms with van der Waals surface area (Å²) in [7, 11) is 1.66. The van der Waals surface area contributed by atoms with Crippen LogP contribution in [-0.4, -0.2) is 27.8 Å². The normalized spacial score (nSPS) is 15.6. The van der Waals surface area contributed by atoms with Crippen molar-refractivity contribution < 1.29 is 14.1 Å². The number of fused-ring (bicyclic) bond motifs is 3. The third kappa shape index (κ3) is 2.54. The number of hydrogen-bond acceptors (Lipinski definition) is 5. The average molecular weight is 337 g/mol. The zero-order valence-electron chi connectivity index (χ0n) is 14.4. The van der Waals surface area contributed by atoms with Crippen LogP contribution in [0.5, 0.6) is 5.75 Å². The first-order valence-electron chi connectivity index (χ1n) is 8.27. The second-order valence-electron chi connectivity index (χ2n) is 6.45. The third-order valence-electron chi connectivity index (χ3n) is 4.74. The predicted molar refractivity (Wildman–Crippen MR) is 91.9 cm³/mol. The van der Waals surface area contributed by atoms with Crippen molar-refractivity contribution in [3.05, 3.63) is 53.0 Å². The summed E-state index contributed by atoms with van der Waals surface area (Å²) in [6.45, 7) is 4.29. The van der Waals surface area contributed by atoms with E-state index in [-0.39, 0.29) is 11.7 Å². The molecule has 0 fully saturated rings. The molecule has 4 rings (SSSR count). The van der Waals surface area contributed by atoms with Crippen LogP contribution in [0, 0.1) is 0 Å². The largest absolute Gasteiger partial charge is 0.497 e. The van der Waals surface area contributed by atoms with E-state index in [0.29, 0.717) is 18.0 Å². The molecule has 1 atom stereocenters. The number of Topliss-reactive ketones (excluding diaryl/α,β-unsaturated/α-hetero) is 1. The molecule has 25 heavy (non-hydrogen) atoms. The lowest BCUT2D eigenvalue weighted by Gasteiger charge is -2.19. The van der Waals surface area contributed by atoms with Gasteiger partial charge in [-0.15, -0.1) is 0 Å². The van der Waals surface area contributed by atoms with Gasteiger partial charge < -0.3 is 9.26 Å². The Morgan fingerprint density at radius 2 is 2.12 bits per heavy atom. The van der Waals surface area contributed by atoms with E-state index in [1.807, 2.05) is 28.9 Å². The Balaban J connectivity index is 1.70. The highest BCUT2D eigenvalue weighted by Crippen LogP contribution is 2.41. The minimum Gasteiger partial charge on any atom is -0.497 e. The molecule has 0 unspecified atom stereocenters. The summed E-state index contributed by atoms with van der Waals surface area (Å²) in [5, 5.41) is 8.52. The fourth-order valence-corrected chi connectivity index (χ4v) is 3.45. The summed E-state index contributed by atoms with van der Waals surface area (Å²) >= 11 is 0. The molecule has 3 aromatic rings. The number of carbonyl (C=O) groups is 1. The van der Waals surface area contributed by atoms with E-state index in [1.54, 1.807) is 13.3 Å². The van der Waals surface area contributed by atoms with Crippen LogP contribution in [0.3, 0.4) is 0 Å². The van der Waals surface area contributed by atoms with Gasteiger partial charge in [-0.1, -0.05) is 24.2 Å². The van der Waals surface area contributed by atoms with Crippen molar-refractivity contribution in [3.8, 4) is 17.1 Å². The molecule has 0 saturated heterocycles. The van der Waals surface area contributed by atoms with Crippen LogP contribution >= 0.6 is 0 Å². The molecule has 0 aliphatic heterocycles. The van der Waals surface area contributed by atoms with Gasteiger partial charge in [-0.2, -0.15) is 5.10 Å². The molecule has 2 aromatic heterocycles. The Morgan fingerprint density at radius 1 is 1.36 bits per heavy atom. The molecule has 2 heterocycles. The van der Waals surface area contributed by atoms with Crippen LogP contribution in [-0.2, 0) is 13.0 Å². The van der Waals surface area contributed by atoms with Gasteiger partial charge in [0.1, 0.15) is 5.75 Å². The summed E-state index contributed by atoms with van der Waals surface area (Å²) < 4.78 is 12.7. The van der Waals surface area contributed by atoms with Crippen molar-refractivity contribution in [1.82, 2.24) is 14.9 Å². The van der Waals surface area contributed by atoms with Crippen LogP contribution in [0.2, 0.25) is 0 Å². The lowest BCUT2D eigenvalue weighted by atomic mass is 9.85. The number of ether oxygens (including phenoxy) is 1. The molecule has 6 heteroatoms. The van der Waals surface area contributed by atoms with Crippen molar-refractivity contribution in [2.24, 2.45) is 0 Å². The number of benzene rings is 1. The van der Waals surface area contributed by atoms with Crippen molar-refractivity contribution in [2.45, 2.75) is 32.7 Å². The number of rotatable bonds is 4. The Hall–Kier alpha value is -2.89. The van der Waals surface area contributed by atoms with Crippen LogP contribution in [0.15, 0.2) is 35.0 Å². The topological polar surface area (TPSA) is 70.2 Å². The zero-order chi connectivity index (χ0) is 17.6. The quantitative estimate of drug-likeness (QED) is 0.682. The third-order valence-corrected chi connectivity index (χ3v) is 4.74. The van der Waals surface area contributed by atoms with Crippen LogP contribution in [0.1, 0.15) is 47.1 Å². The van der Waals surface area contributed by atoms with Gasteiger partial charge in [-0.25, -0.2) is 0 Å². The first-order chi connectivity index (χ1) is 12.1. The monoisotopic (exact) mass is 337 g/mol. The highest BCUT2D eigenvalue weighted by molar-refractivity contribution is 5.95. The fraction of sp³-hybridized carbons (Fsp3) is 0.316. The maximum atomic E-state index is 11.8. The van der Waals surface area contributed by atoms with E-state index in [4.69, 9.17) is 9.26 Å². The van der Waals surface area contributed by atoms with Gasteiger partial charge >= 0.3 is 0 Å². The minimum atomic E-state index is -0.0640. The van der Waals surface area contributed by atoms with Gasteiger partial charge in [0.2, 0.25) is 0 Å². The van der Waals surface area contributed by atoms with Gasteiger partial charge in [0.05, 0.1) is 31.1 Å². The summed E-state index contributed by atoms with van der Waals surface area (Å²) in [5.74, 6) is 1.62. The Morgan fingerprint density at radius 3 is 2.80 bits per heavy atom. The van der Waals surface area contributed by atoms with Crippen molar-refractivity contribution in [3.63, 3.8) is 0 Å². The number of nitrogens with zero attached hydrogens (tertiary/aromatic N) is 3. The number of hydrogen-bond donors (Lipinski definition) is 0. The smallest absolute Gasteiger partial charge is 0.181 e. The lowest BCUT2D eigenvalue weighted by molar-refractivity contribution is 0.100. The molecule has 6 nitrogen and oxygen atoms in total. The maximum Gasteiger partial charge on any atom is 0.181 e. The van der Waals surface area contributed by atoms with E-state index in [0.717, 1.165) is 34.6 Å². The van der Waals surface area contributed by atoms with Gasteiger partial charge in [0.25, 0.3) is 0 Å². The van der Waals surface area contributed by atoms with E-state index >= 15 is 0 Å². The summed E-state index contributed by atoms with van der Waals surface area (Å²) in [6.07, 6.45) is 2.61.